The number of rotatable bonds is 4. The van der Waals surface area contributed by atoms with Crippen molar-refractivity contribution in [2.75, 3.05) is 12.0 Å². The predicted octanol–water partition coefficient (Wildman–Crippen LogP) is 6.85. The van der Waals surface area contributed by atoms with Crippen molar-refractivity contribution < 1.29 is 19.4 Å². The molecule has 1 aliphatic heterocycles. The molecule has 0 bridgehead atoms. The first-order chi connectivity index (χ1) is 18.0. The van der Waals surface area contributed by atoms with E-state index in [1.807, 2.05) is 68.4 Å². The molecule has 5 rings (SSSR count). The Balaban J connectivity index is 1.76. The molecular formula is C31H30N2O4S. The molecule has 1 aromatic heterocycles. The second-order valence-corrected chi connectivity index (χ2v) is 11.7. The quantitative estimate of drug-likeness (QED) is 0.179. The summed E-state index contributed by atoms with van der Waals surface area (Å²) in [6, 6.07) is 18.3. The van der Waals surface area contributed by atoms with Crippen LogP contribution in [0.25, 0.3) is 16.0 Å². The molecule has 1 N–H and O–H groups in total. The number of ether oxygens (including phenoxy) is 1. The number of ketones is 1. The van der Waals surface area contributed by atoms with E-state index >= 15 is 0 Å². The Bertz CT molecular complexity index is 1580. The van der Waals surface area contributed by atoms with Gasteiger partial charge in [-0.05, 0) is 59.7 Å². The maximum absolute atomic E-state index is 13.6. The molecule has 1 unspecified atom stereocenters. The summed E-state index contributed by atoms with van der Waals surface area (Å²) in [6.45, 7) is 10.2. The lowest BCUT2D eigenvalue weighted by Crippen LogP contribution is -2.29. The van der Waals surface area contributed by atoms with Crippen LogP contribution in [-0.2, 0) is 15.0 Å². The number of nitrogens with zero attached hydrogens (tertiary/aromatic N) is 2. The van der Waals surface area contributed by atoms with E-state index in [0.29, 0.717) is 22.0 Å². The Morgan fingerprint density at radius 2 is 1.71 bits per heavy atom. The number of aliphatic hydroxyl groups is 1. The van der Waals surface area contributed by atoms with Gasteiger partial charge in [-0.25, -0.2) is 4.98 Å². The third-order valence-electron chi connectivity index (χ3n) is 6.90. The van der Waals surface area contributed by atoms with Crippen LogP contribution >= 0.6 is 11.3 Å². The zero-order valence-corrected chi connectivity index (χ0v) is 23.1. The van der Waals surface area contributed by atoms with Gasteiger partial charge in [-0.3, -0.25) is 14.5 Å². The molecule has 0 aliphatic carbocycles. The molecule has 0 spiro atoms. The molecule has 3 aromatic carbocycles. The van der Waals surface area contributed by atoms with E-state index in [1.54, 1.807) is 6.07 Å². The second-order valence-electron chi connectivity index (χ2n) is 10.7. The van der Waals surface area contributed by atoms with Crippen LogP contribution in [0.1, 0.15) is 54.6 Å². The molecule has 194 valence electrons. The highest BCUT2D eigenvalue weighted by Gasteiger charge is 2.48. The second kappa shape index (κ2) is 9.40. The molecule has 1 amide bonds. The average molecular weight is 527 g/mol. The highest BCUT2D eigenvalue weighted by molar-refractivity contribution is 7.22. The summed E-state index contributed by atoms with van der Waals surface area (Å²) in [5.74, 6) is -1.28. The first-order valence-electron chi connectivity index (χ1n) is 12.4. The van der Waals surface area contributed by atoms with Gasteiger partial charge in [-0.15, -0.1) is 0 Å². The number of aryl methyl sites for hydroxylation is 2. The molecular weight excluding hydrogens is 496 g/mol. The first-order valence-corrected chi connectivity index (χ1v) is 13.3. The van der Waals surface area contributed by atoms with E-state index in [4.69, 9.17) is 4.74 Å². The molecule has 38 heavy (non-hydrogen) atoms. The minimum atomic E-state index is -0.852. The maximum Gasteiger partial charge on any atom is 0.301 e. The van der Waals surface area contributed by atoms with E-state index in [1.165, 1.54) is 23.3 Å². The average Bonchev–Trinajstić information content (AvgIpc) is 3.41. The summed E-state index contributed by atoms with van der Waals surface area (Å²) < 4.78 is 6.51. The summed E-state index contributed by atoms with van der Waals surface area (Å²) in [7, 11) is 1.52. The molecule has 4 aromatic rings. The first kappa shape index (κ1) is 25.7. The number of amides is 1. The molecule has 1 aliphatic rings. The monoisotopic (exact) mass is 526 g/mol. The number of fused-ring (bicyclic) bond motifs is 1. The summed E-state index contributed by atoms with van der Waals surface area (Å²) in [4.78, 5) is 33.3. The van der Waals surface area contributed by atoms with Gasteiger partial charge < -0.3 is 9.84 Å². The van der Waals surface area contributed by atoms with Gasteiger partial charge in [0.15, 0.2) is 5.13 Å². The van der Waals surface area contributed by atoms with Gasteiger partial charge in [0, 0.05) is 0 Å². The van der Waals surface area contributed by atoms with Gasteiger partial charge in [0.2, 0.25) is 0 Å². The lowest BCUT2D eigenvalue weighted by Gasteiger charge is -2.25. The Morgan fingerprint density at radius 1 is 1.03 bits per heavy atom. The number of carbonyl (C=O) groups excluding carboxylic acids is 2. The summed E-state index contributed by atoms with van der Waals surface area (Å²) in [5, 5.41) is 12.1. The number of Topliss-reactive ketones (excluding diaryl/α,β-unsaturated/α-hetero) is 1. The van der Waals surface area contributed by atoms with E-state index in [-0.39, 0.29) is 16.7 Å². The molecule has 6 nitrogen and oxygen atoms in total. The maximum atomic E-state index is 13.6. The zero-order chi connectivity index (χ0) is 27.4. The van der Waals surface area contributed by atoms with Gasteiger partial charge in [-0.2, -0.15) is 0 Å². The number of thiazole rings is 1. The van der Waals surface area contributed by atoms with Crippen LogP contribution in [0.5, 0.6) is 5.75 Å². The third kappa shape index (κ3) is 4.27. The highest BCUT2D eigenvalue weighted by Crippen LogP contribution is 2.45. The van der Waals surface area contributed by atoms with Crippen LogP contribution in [0.15, 0.2) is 66.2 Å². The van der Waals surface area contributed by atoms with Crippen molar-refractivity contribution >= 4 is 44.1 Å². The predicted molar refractivity (Wildman–Crippen MR) is 152 cm³/mol. The lowest BCUT2D eigenvalue weighted by molar-refractivity contribution is -0.132. The lowest BCUT2D eigenvalue weighted by atomic mass is 9.85. The normalized spacial score (nSPS) is 17.4. The summed E-state index contributed by atoms with van der Waals surface area (Å²) in [6.07, 6.45) is 0. The molecule has 0 saturated carbocycles. The van der Waals surface area contributed by atoms with Crippen LogP contribution in [0.2, 0.25) is 0 Å². The van der Waals surface area contributed by atoms with Crippen LogP contribution in [0.3, 0.4) is 0 Å². The topological polar surface area (TPSA) is 79.7 Å². The van der Waals surface area contributed by atoms with E-state index in [2.05, 4.69) is 25.8 Å². The van der Waals surface area contributed by atoms with Crippen LogP contribution in [-0.4, -0.2) is 28.9 Å². The van der Waals surface area contributed by atoms with Gasteiger partial charge >= 0.3 is 5.91 Å². The van der Waals surface area contributed by atoms with E-state index in [9.17, 15) is 14.7 Å². The molecule has 1 saturated heterocycles. The number of hydrogen-bond acceptors (Lipinski definition) is 6. The Labute approximate surface area is 226 Å². The number of aliphatic hydroxyl groups excluding tert-OH is 1. The van der Waals surface area contributed by atoms with Crippen molar-refractivity contribution in [3.8, 4) is 5.75 Å². The van der Waals surface area contributed by atoms with E-state index < -0.39 is 17.7 Å². The van der Waals surface area contributed by atoms with E-state index in [0.717, 1.165) is 26.9 Å². The third-order valence-corrected chi connectivity index (χ3v) is 7.94. The minimum absolute atomic E-state index is 0.0149. The molecule has 1 atom stereocenters. The molecule has 0 radical (unpaired) electrons. The van der Waals surface area contributed by atoms with Gasteiger partial charge in [0.05, 0.1) is 34.5 Å². The molecule has 1 fully saturated rings. The van der Waals surface area contributed by atoms with Crippen molar-refractivity contribution in [2.24, 2.45) is 0 Å². The van der Waals surface area contributed by atoms with Crippen molar-refractivity contribution in [1.82, 2.24) is 4.98 Å². The van der Waals surface area contributed by atoms with Crippen molar-refractivity contribution in [3.05, 3.63) is 94.1 Å². The Kier molecular flexibility index (Phi) is 6.35. The number of carbonyl (C=O) groups is 2. The number of benzene rings is 3. The number of aromatic nitrogens is 1. The van der Waals surface area contributed by atoms with Crippen molar-refractivity contribution in [3.63, 3.8) is 0 Å². The smallest absolute Gasteiger partial charge is 0.301 e. The van der Waals surface area contributed by atoms with Crippen molar-refractivity contribution in [1.29, 1.82) is 0 Å². The fourth-order valence-electron chi connectivity index (χ4n) is 5.02. The highest BCUT2D eigenvalue weighted by atomic mass is 32.1. The Hall–Kier alpha value is -3.97. The zero-order valence-electron chi connectivity index (χ0n) is 22.3. The van der Waals surface area contributed by atoms with Crippen molar-refractivity contribution in [2.45, 2.75) is 46.1 Å². The van der Waals surface area contributed by atoms with Gasteiger partial charge in [0.1, 0.15) is 11.5 Å². The standard InChI is InChI=1S/C31H30N2O4S/c1-17-15-18(2)28(37-6)21(16-17)26(34)24-25(19-11-13-20(14-12-19)31(3,4)5)33(29(36)27(24)35)30-32-22-9-7-8-10-23(22)38-30/h7-16,25,34H,1-6H3/b26-24+. The summed E-state index contributed by atoms with van der Waals surface area (Å²) >= 11 is 1.34. The fourth-order valence-corrected chi connectivity index (χ4v) is 6.01. The number of methoxy groups -OCH3 is 1. The van der Waals surface area contributed by atoms with Gasteiger partial charge in [0.25, 0.3) is 5.78 Å². The van der Waals surface area contributed by atoms with Crippen LogP contribution < -0.4 is 9.64 Å². The largest absolute Gasteiger partial charge is 0.507 e. The number of hydrogen-bond donors (Lipinski definition) is 1. The molecule has 2 heterocycles. The number of para-hydroxylation sites is 1. The van der Waals surface area contributed by atoms with Gasteiger partial charge in [-0.1, -0.05) is 74.6 Å². The minimum Gasteiger partial charge on any atom is -0.507 e. The van der Waals surface area contributed by atoms with Crippen LogP contribution in [0, 0.1) is 13.8 Å². The molecule has 7 heteroatoms. The fraction of sp³-hybridized carbons (Fsp3) is 0.258. The Morgan fingerprint density at radius 3 is 2.34 bits per heavy atom. The SMILES string of the molecule is COc1c(C)cc(C)cc1/C(O)=C1\C(=O)C(=O)N(c2nc3ccccc3s2)C1c1ccc(C(C)(C)C)cc1. The van der Waals surface area contributed by atoms with Crippen LogP contribution in [0.4, 0.5) is 5.13 Å². The summed E-state index contributed by atoms with van der Waals surface area (Å²) in [5.41, 5.74) is 4.61. The number of anilines is 1.